The molecule has 0 saturated heterocycles. The lowest BCUT2D eigenvalue weighted by Gasteiger charge is -2.27. The molecule has 33 heavy (non-hydrogen) atoms. The van der Waals surface area contributed by atoms with Gasteiger partial charge in [-0.05, 0) is 36.8 Å². The number of amides is 1. The molecule has 0 fully saturated rings. The van der Waals surface area contributed by atoms with E-state index < -0.39 is 10.0 Å². The fraction of sp³-hybridized carbons (Fsp3) is 0.240. The summed E-state index contributed by atoms with van der Waals surface area (Å²) in [4.78, 5) is 14.7. The summed E-state index contributed by atoms with van der Waals surface area (Å²) in [6.45, 7) is 1.99. The lowest BCUT2D eigenvalue weighted by atomic mass is 10.1. The number of sulfonamides is 1. The Morgan fingerprint density at radius 2 is 1.52 bits per heavy atom. The van der Waals surface area contributed by atoms with Crippen LogP contribution in [0, 0.1) is 6.92 Å². The summed E-state index contributed by atoms with van der Waals surface area (Å²) in [5, 5.41) is 0. The van der Waals surface area contributed by atoms with Gasteiger partial charge in [0.1, 0.15) is 6.54 Å². The average molecular weight is 469 g/mol. The van der Waals surface area contributed by atoms with Gasteiger partial charge >= 0.3 is 0 Å². The highest BCUT2D eigenvalue weighted by Gasteiger charge is 2.29. The molecular formula is C25H28N2O5S. The fourth-order valence-corrected chi connectivity index (χ4v) is 4.74. The highest BCUT2D eigenvalue weighted by atomic mass is 32.2. The zero-order valence-electron chi connectivity index (χ0n) is 19.2. The van der Waals surface area contributed by atoms with E-state index in [0.29, 0.717) is 23.7 Å². The highest BCUT2D eigenvalue weighted by Crippen LogP contribution is 2.33. The highest BCUT2D eigenvalue weighted by molar-refractivity contribution is 7.92. The van der Waals surface area contributed by atoms with Crippen LogP contribution in [0.2, 0.25) is 0 Å². The van der Waals surface area contributed by atoms with E-state index in [2.05, 4.69) is 0 Å². The minimum absolute atomic E-state index is 0.0915. The summed E-state index contributed by atoms with van der Waals surface area (Å²) in [6, 6.07) is 20.6. The van der Waals surface area contributed by atoms with Crippen molar-refractivity contribution in [1.29, 1.82) is 0 Å². The van der Waals surface area contributed by atoms with Gasteiger partial charge in [0.05, 0.1) is 24.8 Å². The molecule has 0 spiro atoms. The molecule has 3 aromatic rings. The largest absolute Gasteiger partial charge is 0.493 e. The average Bonchev–Trinajstić information content (AvgIpc) is 2.83. The molecule has 0 N–H and O–H groups in total. The summed E-state index contributed by atoms with van der Waals surface area (Å²) < 4.78 is 38.8. The number of ether oxygens (including phenoxy) is 2. The maximum absolute atomic E-state index is 13.5. The Hall–Kier alpha value is -3.52. The molecule has 3 rings (SSSR count). The lowest BCUT2D eigenvalue weighted by molar-refractivity contribution is -0.128. The van der Waals surface area contributed by atoms with E-state index >= 15 is 0 Å². The lowest BCUT2D eigenvalue weighted by Crippen LogP contribution is -2.41. The third-order valence-corrected chi connectivity index (χ3v) is 7.02. The third-order valence-electron chi connectivity index (χ3n) is 5.23. The van der Waals surface area contributed by atoms with Gasteiger partial charge in [-0.15, -0.1) is 0 Å². The Bertz CT molecular complexity index is 1200. The van der Waals surface area contributed by atoms with Crippen molar-refractivity contribution >= 4 is 21.6 Å². The number of nitrogens with zero attached hydrogens (tertiary/aromatic N) is 2. The molecule has 0 radical (unpaired) electrons. The normalized spacial score (nSPS) is 11.0. The topological polar surface area (TPSA) is 76.2 Å². The van der Waals surface area contributed by atoms with Gasteiger partial charge < -0.3 is 14.4 Å². The summed E-state index contributed by atoms with van der Waals surface area (Å²) >= 11 is 0. The monoisotopic (exact) mass is 468 g/mol. The van der Waals surface area contributed by atoms with Crippen molar-refractivity contribution in [3.8, 4) is 11.5 Å². The van der Waals surface area contributed by atoms with Crippen LogP contribution in [-0.4, -0.2) is 47.0 Å². The molecule has 7 nitrogen and oxygen atoms in total. The number of hydrogen-bond acceptors (Lipinski definition) is 5. The van der Waals surface area contributed by atoms with Crippen molar-refractivity contribution in [3.63, 3.8) is 0 Å². The first kappa shape index (κ1) is 24.1. The number of aryl methyl sites for hydroxylation is 1. The first-order valence-electron chi connectivity index (χ1n) is 10.4. The predicted octanol–water partition coefficient (Wildman–Crippen LogP) is 3.87. The van der Waals surface area contributed by atoms with Crippen molar-refractivity contribution in [2.24, 2.45) is 0 Å². The number of benzene rings is 3. The summed E-state index contributed by atoms with van der Waals surface area (Å²) in [5.41, 5.74) is 2.38. The number of carbonyl (C=O) groups excluding carboxylic acids is 1. The molecule has 0 heterocycles. The van der Waals surface area contributed by atoms with Crippen molar-refractivity contribution < 1.29 is 22.7 Å². The first-order valence-corrected chi connectivity index (χ1v) is 11.8. The molecule has 0 bridgehead atoms. The number of rotatable bonds is 9. The van der Waals surface area contributed by atoms with Crippen LogP contribution >= 0.6 is 0 Å². The quantitative estimate of drug-likeness (QED) is 0.477. The Morgan fingerprint density at radius 3 is 2.12 bits per heavy atom. The van der Waals surface area contributed by atoms with Gasteiger partial charge in [-0.1, -0.05) is 48.0 Å². The minimum atomic E-state index is -4.02. The maximum atomic E-state index is 13.5. The van der Waals surface area contributed by atoms with Gasteiger partial charge in [-0.25, -0.2) is 8.42 Å². The van der Waals surface area contributed by atoms with E-state index in [1.807, 2.05) is 31.2 Å². The van der Waals surface area contributed by atoms with Gasteiger partial charge in [0.15, 0.2) is 11.5 Å². The van der Waals surface area contributed by atoms with Crippen molar-refractivity contribution in [2.45, 2.75) is 18.4 Å². The van der Waals surface area contributed by atoms with Crippen LogP contribution in [0.5, 0.6) is 11.5 Å². The van der Waals surface area contributed by atoms with Gasteiger partial charge in [-0.2, -0.15) is 0 Å². The molecule has 8 heteroatoms. The zero-order valence-corrected chi connectivity index (χ0v) is 20.0. The van der Waals surface area contributed by atoms with Crippen LogP contribution in [0.4, 0.5) is 5.69 Å². The molecule has 0 aromatic heterocycles. The standard InChI is InChI=1S/C25H28N2O5S/c1-19-10-12-20(13-11-19)17-26(2)25(28)18-27(33(29,30)22-8-6-5-7-9-22)21-14-15-23(31-3)24(16-21)32-4/h5-16H,17-18H2,1-4H3. The second-order valence-electron chi connectivity index (χ2n) is 7.60. The SMILES string of the molecule is COc1ccc(N(CC(=O)N(C)Cc2ccc(C)cc2)S(=O)(=O)c2ccccc2)cc1OC. The molecule has 0 aliphatic carbocycles. The van der Waals surface area contributed by atoms with Crippen LogP contribution in [0.1, 0.15) is 11.1 Å². The van der Waals surface area contributed by atoms with E-state index in [1.54, 1.807) is 43.4 Å². The summed E-state index contributed by atoms with van der Waals surface area (Å²) in [5.74, 6) is 0.481. The smallest absolute Gasteiger partial charge is 0.264 e. The Labute approximate surface area is 195 Å². The van der Waals surface area contributed by atoms with E-state index in [0.717, 1.165) is 15.4 Å². The third kappa shape index (κ3) is 5.64. The molecule has 0 aliphatic heterocycles. The first-order chi connectivity index (χ1) is 15.8. The summed E-state index contributed by atoms with van der Waals surface area (Å²) in [6.07, 6.45) is 0. The van der Waals surface area contributed by atoms with Gasteiger partial charge in [0.2, 0.25) is 5.91 Å². The number of hydrogen-bond donors (Lipinski definition) is 0. The molecular weight excluding hydrogens is 440 g/mol. The van der Waals surface area contributed by atoms with Crippen molar-refractivity contribution in [1.82, 2.24) is 4.90 Å². The van der Waals surface area contributed by atoms with Crippen molar-refractivity contribution in [2.75, 3.05) is 32.1 Å². The van der Waals surface area contributed by atoms with Crippen LogP contribution in [0.3, 0.4) is 0 Å². The van der Waals surface area contributed by atoms with E-state index in [4.69, 9.17) is 9.47 Å². The fourth-order valence-electron chi connectivity index (χ4n) is 3.31. The van der Waals surface area contributed by atoms with E-state index in [1.165, 1.54) is 31.3 Å². The van der Waals surface area contributed by atoms with E-state index in [9.17, 15) is 13.2 Å². The molecule has 174 valence electrons. The van der Waals surface area contributed by atoms with Crippen molar-refractivity contribution in [3.05, 3.63) is 83.9 Å². The minimum Gasteiger partial charge on any atom is -0.493 e. The molecule has 0 aliphatic rings. The Balaban J connectivity index is 1.95. The van der Waals surface area contributed by atoms with Crippen LogP contribution in [0.15, 0.2) is 77.7 Å². The number of methoxy groups -OCH3 is 2. The molecule has 0 saturated carbocycles. The van der Waals surface area contributed by atoms with Gasteiger partial charge in [0, 0.05) is 19.7 Å². The van der Waals surface area contributed by atoms with Gasteiger partial charge in [-0.3, -0.25) is 9.10 Å². The maximum Gasteiger partial charge on any atom is 0.264 e. The second kappa shape index (κ2) is 10.4. The Morgan fingerprint density at radius 1 is 0.879 bits per heavy atom. The Kier molecular flexibility index (Phi) is 7.60. The molecule has 3 aromatic carbocycles. The zero-order chi connectivity index (χ0) is 24.0. The number of likely N-dealkylation sites (N-methyl/N-ethyl adjacent to an activating group) is 1. The molecule has 0 unspecified atom stereocenters. The van der Waals surface area contributed by atoms with Crippen LogP contribution in [0.25, 0.3) is 0 Å². The number of carbonyl (C=O) groups is 1. The van der Waals surface area contributed by atoms with Crippen LogP contribution < -0.4 is 13.8 Å². The summed E-state index contributed by atoms with van der Waals surface area (Å²) in [7, 11) is 0.611. The number of anilines is 1. The van der Waals surface area contributed by atoms with Crippen LogP contribution in [-0.2, 0) is 21.4 Å². The predicted molar refractivity (Wildman–Crippen MR) is 128 cm³/mol. The molecule has 1 amide bonds. The molecule has 0 atom stereocenters. The van der Waals surface area contributed by atoms with Gasteiger partial charge in [0.25, 0.3) is 10.0 Å². The van der Waals surface area contributed by atoms with E-state index in [-0.39, 0.29) is 17.3 Å². The second-order valence-corrected chi connectivity index (χ2v) is 9.46.